The molecule has 3 aromatic rings. The Bertz CT molecular complexity index is 1180. The second-order valence-corrected chi connectivity index (χ2v) is 8.97. The summed E-state index contributed by atoms with van der Waals surface area (Å²) in [5.74, 6) is -0.300. The highest BCUT2D eigenvalue weighted by molar-refractivity contribution is 6.00. The molecule has 3 aromatic carbocycles. The van der Waals surface area contributed by atoms with Crippen LogP contribution in [0.2, 0.25) is 0 Å². The van der Waals surface area contributed by atoms with E-state index in [0.29, 0.717) is 37.6 Å². The first-order chi connectivity index (χ1) is 17.5. The van der Waals surface area contributed by atoms with Gasteiger partial charge in [-0.3, -0.25) is 19.4 Å². The van der Waals surface area contributed by atoms with Crippen molar-refractivity contribution in [3.8, 4) is 5.75 Å². The van der Waals surface area contributed by atoms with Crippen molar-refractivity contribution in [2.24, 2.45) is 0 Å². The van der Waals surface area contributed by atoms with Crippen LogP contribution in [0.3, 0.4) is 0 Å². The molecule has 0 radical (unpaired) electrons. The zero-order valence-electron chi connectivity index (χ0n) is 19.8. The number of hydrogen-bond donors (Lipinski definition) is 0. The van der Waals surface area contributed by atoms with Crippen molar-refractivity contribution in [2.75, 3.05) is 44.2 Å². The SMILES string of the molecule is O=C(CN1C(=O)CCOc2ccccc21)N1CCN(C(c2ccc(F)cc2)c2ccc(F)cc2)CC1. The number of hydrogen-bond acceptors (Lipinski definition) is 4. The molecule has 0 atom stereocenters. The van der Waals surface area contributed by atoms with Gasteiger partial charge in [0, 0.05) is 26.2 Å². The van der Waals surface area contributed by atoms with Crippen molar-refractivity contribution in [1.82, 2.24) is 9.80 Å². The molecule has 2 amide bonds. The fourth-order valence-electron chi connectivity index (χ4n) is 4.86. The molecule has 2 aliphatic heterocycles. The summed E-state index contributed by atoms with van der Waals surface area (Å²) in [6.07, 6.45) is 0.215. The van der Waals surface area contributed by atoms with E-state index in [0.717, 1.165) is 11.1 Å². The Morgan fingerprint density at radius 2 is 1.42 bits per heavy atom. The maximum Gasteiger partial charge on any atom is 0.242 e. The Balaban J connectivity index is 1.30. The number of amides is 2. The van der Waals surface area contributed by atoms with Gasteiger partial charge >= 0.3 is 0 Å². The molecular formula is C28H27F2N3O3. The van der Waals surface area contributed by atoms with Crippen LogP contribution in [-0.4, -0.2) is 60.9 Å². The summed E-state index contributed by atoms with van der Waals surface area (Å²) < 4.78 is 32.8. The van der Waals surface area contributed by atoms with E-state index in [9.17, 15) is 18.4 Å². The van der Waals surface area contributed by atoms with Gasteiger partial charge in [0.2, 0.25) is 11.8 Å². The fourth-order valence-corrected chi connectivity index (χ4v) is 4.86. The van der Waals surface area contributed by atoms with Crippen LogP contribution in [0.4, 0.5) is 14.5 Å². The number of halogens is 2. The van der Waals surface area contributed by atoms with Gasteiger partial charge in [-0.1, -0.05) is 36.4 Å². The third-order valence-electron chi connectivity index (χ3n) is 6.73. The lowest BCUT2D eigenvalue weighted by Gasteiger charge is -2.40. The fraction of sp³-hybridized carbons (Fsp3) is 0.286. The van der Waals surface area contributed by atoms with Crippen LogP contribution in [0.15, 0.2) is 72.8 Å². The average Bonchev–Trinajstić information content (AvgIpc) is 3.05. The predicted molar refractivity (Wildman–Crippen MR) is 132 cm³/mol. The number of ether oxygens (including phenoxy) is 1. The third kappa shape index (κ3) is 5.09. The Labute approximate surface area is 208 Å². The number of benzene rings is 3. The van der Waals surface area contributed by atoms with Crippen molar-refractivity contribution < 1.29 is 23.1 Å². The summed E-state index contributed by atoms with van der Waals surface area (Å²) in [4.78, 5) is 31.4. The van der Waals surface area contributed by atoms with Crippen molar-refractivity contribution in [2.45, 2.75) is 12.5 Å². The van der Waals surface area contributed by atoms with Crippen LogP contribution in [0.25, 0.3) is 0 Å². The van der Waals surface area contributed by atoms with Crippen molar-refractivity contribution >= 4 is 17.5 Å². The van der Waals surface area contributed by atoms with Gasteiger partial charge in [0.15, 0.2) is 0 Å². The molecule has 0 aromatic heterocycles. The average molecular weight is 492 g/mol. The third-order valence-corrected chi connectivity index (χ3v) is 6.73. The maximum atomic E-state index is 13.6. The van der Waals surface area contributed by atoms with Crippen LogP contribution >= 0.6 is 0 Å². The van der Waals surface area contributed by atoms with Gasteiger partial charge in [0.25, 0.3) is 0 Å². The molecule has 8 heteroatoms. The summed E-state index contributed by atoms with van der Waals surface area (Å²) in [7, 11) is 0. The van der Waals surface area contributed by atoms with E-state index in [1.54, 1.807) is 41.3 Å². The number of piperazine rings is 1. The molecule has 36 heavy (non-hydrogen) atoms. The molecule has 0 N–H and O–H groups in total. The molecule has 6 nitrogen and oxygen atoms in total. The number of carbonyl (C=O) groups is 2. The lowest BCUT2D eigenvalue weighted by Crippen LogP contribution is -2.52. The Hall–Kier alpha value is -3.78. The number of fused-ring (bicyclic) bond motifs is 1. The Kier molecular flexibility index (Phi) is 6.95. The van der Waals surface area contributed by atoms with E-state index < -0.39 is 0 Å². The highest BCUT2D eigenvalue weighted by Crippen LogP contribution is 2.32. The smallest absolute Gasteiger partial charge is 0.242 e. The number of nitrogens with zero attached hydrogens (tertiary/aromatic N) is 3. The zero-order chi connectivity index (χ0) is 25.1. The molecule has 1 saturated heterocycles. The zero-order valence-corrected chi connectivity index (χ0v) is 19.8. The van der Waals surface area contributed by atoms with Crippen LogP contribution in [0, 0.1) is 11.6 Å². The van der Waals surface area contributed by atoms with E-state index in [1.807, 2.05) is 12.1 Å². The first-order valence-electron chi connectivity index (χ1n) is 12.0. The number of anilines is 1. The molecule has 2 heterocycles. The first-order valence-corrected chi connectivity index (χ1v) is 12.0. The minimum absolute atomic E-state index is 0.0431. The minimum atomic E-state index is -0.318. The second-order valence-electron chi connectivity index (χ2n) is 8.97. The quantitative estimate of drug-likeness (QED) is 0.541. The lowest BCUT2D eigenvalue weighted by molar-refractivity contribution is -0.133. The maximum absolute atomic E-state index is 13.6. The topological polar surface area (TPSA) is 53.1 Å². The largest absolute Gasteiger partial charge is 0.491 e. The summed E-state index contributed by atoms with van der Waals surface area (Å²) in [5.41, 5.74) is 2.41. The molecule has 2 aliphatic rings. The lowest BCUT2D eigenvalue weighted by atomic mass is 9.96. The molecule has 1 fully saturated rings. The van der Waals surface area contributed by atoms with Gasteiger partial charge < -0.3 is 9.64 Å². The summed E-state index contributed by atoms with van der Waals surface area (Å²) >= 11 is 0. The highest BCUT2D eigenvalue weighted by Gasteiger charge is 2.31. The van der Waals surface area contributed by atoms with Gasteiger partial charge in [-0.25, -0.2) is 8.78 Å². The Morgan fingerprint density at radius 3 is 2.03 bits per heavy atom. The normalized spacial score (nSPS) is 16.5. The predicted octanol–water partition coefficient (Wildman–Crippen LogP) is 4.01. The van der Waals surface area contributed by atoms with Crippen LogP contribution in [0.1, 0.15) is 23.6 Å². The van der Waals surface area contributed by atoms with Gasteiger partial charge in [0.05, 0.1) is 24.8 Å². The van der Waals surface area contributed by atoms with Crippen molar-refractivity contribution in [3.63, 3.8) is 0 Å². The van der Waals surface area contributed by atoms with Crippen molar-refractivity contribution in [3.05, 3.63) is 95.6 Å². The van der Waals surface area contributed by atoms with E-state index in [-0.39, 0.29) is 49.1 Å². The summed E-state index contributed by atoms with van der Waals surface area (Å²) in [5, 5.41) is 0. The number of rotatable bonds is 5. The number of para-hydroxylation sites is 2. The van der Waals surface area contributed by atoms with Gasteiger partial charge in [-0.05, 0) is 47.5 Å². The van der Waals surface area contributed by atoms with E-state index in [1.165, 1.54) is 29.2 Å². The van der Waals surface area contributed by atoms with Crippen LogP contribution in [-0.2, 0) is 9.59 Å². The molecular weight excluding hydrogens is 464 g/mol. The van der Waals surface area contributed by atoms with Crippen molar-refractivity contribution in [1.29, 1.82) is 0 Å². The van der Waals surface area contributed by atoms with E-state index >= 15 is 0 Å². The van der Waals surface area contributed by atoms with Gasteiger partial charge in [0.1, 0.15) is 23.9 Å². The van der Waals surface area contributed by atoms with Gasteiger partial charge in [-0.2, -0.15) is 0 Å². The molecule has 0 saturated carbocycles. The van der Waals surface area contributed by atoms with E-state index in [4.69, 9.17) is 4.74 Å². The molecule has 0 bridgehead atoms. The second kappa shape index (κ2) is 10.5. The molecule has 0 aliphatic carbocycles. The standard InChI is InChI=1S/C28H27F2N3O3/c29-22-9-5-20(6-10-22)28(21-7-11-23(30)12-8-21)32-16-14-31(15-17-32)27(35)19-33-24-3-1-2-4-25(24)36-18-13-26(33)34/h1-12,28H,13-19H2. The summed E-state index contributed by atoms with van der Waals surface area (Å²) in [6.45, 7) is 2.37. The van der Waals surface area contributed by atoms with E-state index in [2.05, 4.69) is 4.90 Å². The molecule has 0 unspecified atom stereocenters. The highest BCUT2D eigenvalue weighted by atomic mass is 19.1. The molecule has 0 spiro atoms. The van der Waals surface area contributed by atoms with Crippen LogP contribution in [0.5, 0.6) is 5.75 Å². The number of carbonyl (C=O) groups excluding carboxylic acids is 2. The summed E-state index contributed by atoms with van der Waals surface area (Å²) in [6, 6.07) is 19.7. The Morgan fingerprint density at radius 1 is 0.833 bits per heavy atom. The molecule has 5 rings (SSSR count). The van der Waals surface area contributed by atoms with Crippen LogP contribution < -0.4 is 9.64 Å². The first kappa shape index (κ1) is 23.9. The molecule has 186 valence electrons. The minimum Gasteiger partial charge on any atom is -0.491 e. The monoisotopic (exact) mass is 491 g/mol. The van der Waals surface area contributed by atoms with Gasteiger partial charge in [-0.15, -0.1) is 0 Å².